The van der Waals surface area contributed by atoms with Crippen molar-refractivity contribution in [1.29, 1.82) is 0 Å². The zero-order chi connectivity index (χ0) is 14.5. The van der Waals surface area contributed by atoms with Crippen molar-refractivity contribution in [2.45, 2.75) is 6.61 Å². The zero-order valence-electron chi connectivity index (χ0n) is 10.2. The van der Waals surface area contributed by atoms with Crippen LogP contribution in [0.5, 0.6) is 5.75 Å². The van der Waals surface area contributed by atoms with E-state index in [1.807, 2.05) is 11.4 Å². The summed E-state index contributed by atoms with van der Waals surface area (Å²) in [6.07, 6.45) is 2.64. The van der Waals surface area contributed by atoms with Gasteiger partial charge in [0, 0.05) is 16.0 Å². The third-order valence-electron chi connectivity index (χ3n) is 2.36. The predicted molar refractivity (Wildman–Crippen MR) is 81.8 cm³/mol. The molecule has 6 heteroatoms. The largest absolute Gasteiger partial charge is 0.487 e. The summed E-state index contributed by atoms with van der Waals surface area (Å²) in [7, 11) is 0. The summed E-state index contributed by atoms with van der Waals surface area (Å²) in [6.45, 7) is 0.368. The molecule has 1 heterocycles. The number of aliphatic carboxylic acids is 1. The van der Waals surface area contributed by atoms with Gasteiger partial charge in [-0.3, -0.25) is 0 Å². The van der Waals surface area contributed by atoms with Gasteiger partial charge in [-0.15, -0.1) is 11.3 Å². The molecule has 104 valence electrons. The molecule has 1 N–H and O–H groups in total. The molecule has 1 aromatic heterocycles. The molecule has 2 rings (SSSR count). The molecule has 0 saturated heterocycles. The maximum atomic E-state index is 10.4. The average molecular weight is 329 g/mol. The molecule has 0 atom stereocenters. The highest BCUT2D eigenvalue weighted by Crippen LogP contribution is 2.28. The number of halogens is 2. The van der Waals surface area contributed by atoms with E-state index in [0.29, 0.717) is 22.4 Å². The lowest BCUT2D eigenvalue weighted by Gasteiger charge is -2.06. The molecule has 0 aliphatic heterocycles. The van der Waals surface area contributed by atoms with Crippen LogP contribution in [0.25, 0.3) is 6.08 Å². The van der Waals surface area contributed by atoms with E-state index in [0.717, 1.165) is 16.5 Å². The fourth-order valence-corrected chi connectivity index (χ4v) is 2.70. The normalized spacial score (nSPS) is 10.9. The van der Waals surface area contributed by atoms with Crippen molar-refractivity contribution in [3.63, 3.8) is 0 Å². The van der Waals surface area contributed by atoms with E-state index in [1.54, 1.807) is 18.2 Å². The lowest BCUT2D eigenvalue weighted by molar-refractivity contribution is -0.131. The Bertz CT molecular complexity index is 650. The zero-order valence-corrected chi connectivity index (χ0v) is 12.5. The van der Waals surface area contributed by atoms with Crippen LogP contribution in [0.1, 0.15) is 10.4 Å². The maximum Gasteiger partial charge on any atom is 0.328 e. The molecule has 0 amide bonds. The van der Waals surface area contributed by atoms with Crippen LogP contribution in [0.3, 0.4) is 0 Å². The summed E-state index contributed by atoms with van der Waals surface area (Å²) in [5.74, 6) is -0.408. The number of thiophene rings is 1. The van der Waals surface area contributed by atoms with Gasteiger partial charge >= 0.3 is 5.97 Å². The topological polar surface area (TPSA) is 46.5 Å². The molecule has 0 spiro atoms. The molecule has 0 fully saturated rings. The predicted octanol–water partition coefficient (Wildman–Crippen LogP) is 4.73. The van der Waals surface area contributed by atoms with Crippen LogP contribution in [0.15, 0.2) is 35.7 Å². The van der Waals surface area contributed by atoms with E-state index in [9.17, 15) is 4.79 Å². The highest BCUT2D eigenvalue weighted by molar-refractivity contribution is 7.10. The molecule has 3 nitrogen and oxygen atoms in total. The van der Waals surface area contributed by atoms with Crippen molar-refractivity contribution in [2.24, 2.45) is 0 Å². The van der Waals surface area contributed by atoms with E-state index in [1.165, 1.54) is 17.4 Å². The fourth-order valence-electron chi connectivity index (χ4n) is 1.47. The van der Waals surface area contributed by atoms with Gasteiger partial charge in [-0.2, -0.15) is 0 Å². The monoisotopic (exact) mass is 328 g/mol. The summed E-state index contributed by atoms with van der Waals surface area (Å²) >= 11 is 13.3. The molecular weight excluding hydrogens is 319 g/mol. The Morgan fingerprint density at radius 3 is 2.85 bits per heavy atom. The summed E-state index contributed by atoms with van der Waals surface area (Å²) in [5.41, 5.74) is 0.832. The van der Waals surface area contributed by atoms with Crippen molar-refractivity contribution in [3.05, 3.63) is 56.2 Å². The molecule has 0 radical (unpaired) electrons. The smallest absolute Gasteiger partial charge is 0.328 e. The van der Waals surface area contributed by atoms with Crippen LogP contribution < -0.4 is 4.74 Å². The summed E-state index contributed by atoms with van der Waals surface area (Å²) in [4.78, 5) is 11.4. The minimum absolute atomic E-state index is 0.368. The fraction of sp³-hybridized carbons (Fsp3) is 0.0714. The minimum atomic E-state index is -0.970. The number of carbonyl (C=O) groups is 1. The first-order chi connectivity index (χ1) is 9.54. The third kappa shape index (κ3) is 4.27. The summed E-state index contributed by atoms with van der Waals surface area (Å²) < 4.78 is 5.60. The van der Waals surface area contributed by atoms with Crippen molar-refractivity contribution in [1.82, 2.24) is 0 Å². The van der Waals surface area contributed by atoms with Gasteiger partial charge in [0.05, 0.1) is 5.02 Å². The number of benzene rings is 1. The second kappa shape index (κ2) is 6.79. The molecular formula is C14H10Cl2O3S. The van der Waals surface area contributed by atoms with Crippen LogP contribution in [0.2, 0.25) is 10.0 Å². The SMILES string of the molecule is O=C(O)C=Cc1csc(COc2ccc(Cl)cc2Cl)c1. The first-order valence-electron chi connectivity index (χ1n) is 5.61. The number of ether oxygens (including phenoxy) is 1. The van der Waals surface area contributed by atoms with Gasteiger partial charge in [-0.1, -0.05) is 23.2 Å². The number of hydrogen-bond donors (Lipinski definition) is 1. The summed E-state index contributed by atoms with van der Waals surface area (Å²) in [5, 5.41) is 11.4. The van der Waals surface area contributed by atoms with Gasteiger partial charge < -0.3 is 9.84 Å². The van der Waals surface area contributed by atoms with Crippen molar-refractivity contribution in [3.8, 4) is 5.75 Å². The molecule has 0 saturated carbocycles. The standard InChI is InChI=1S/C14H10Cl2O3S/c15-10-2-3-13(12(16)6-10)19-7-11-5-9(8-20-11)1-4-14(17)18/h1-6,8H,7H2,(H,17,18). The van der Waals surface area contributed by atoms with Crippen LogP contribution in [-0.2, 0) is 11.4 Å². The molecule has 2 aromatic rings. The molecule has 0 unspecified atom stereocenters. The number of carboxylic acids is 1. The lowest BCUT2D eigenvalue weighted by Crippen LogP contribution is -1.93. The van der Waals surface area contributed by atoms with Crippen LogP contribution in [-0.4, -0.2) is 11.1 Å². The molecule has 0 bridgehead atoms. The second-order valence-electron chi connectivity index (χ2n) is 3.88. The van der Waals surface area contributed by atoms with Crippen molar-refractivity contribution < 1.29 is 14.6 Å². The Kier molecular flexibility index (Phi) is 5.06. The molecule has 1 aromatic carbocycles. The van der Waals surface area contributed by atoms with Gasteiger partial charge in [0.15, 0.2) is 0 Å². The molecule has 20 heavy (non-hydrogen) atoms. The first kappa shape index (κ1) is 14.9. The highest BCUT2D eigenvalue weighted by Gasteiger charge is 2.04. The maximum absolute atomic E-state index is 10.4. The van der Waals surface area contributed by atoms with E-state index in [-0.39, 0.29) is 0 Å². The summed E-state index contributed by atoms with van der Waals surface area (Å²) in [6, 6.07) is 6.91. The Morgan fingerprint density at radius 1 is 1.35 bits per heavy atom. The number of rotatable bonds is 5. The Balaban J connectivity index is 1.99. The van der Waals surface area contributed by atoms with E-state index in [4.69, 9.17) is 33.0 Å². The Labute approximate surface area is 130 Å². The molecule has 0 aliphatic carbocycles. The van der Waals surface area contributed by atoms with E-state index < -0.39 is 5.97 Å². The first-order valence-corrected chi connectivity index (χ1v) is 7.24. The number of carboxylic acid groups (broad SMARTS) is 1. The van der Waals surface area contributed by atoms with E-state index >= 15 is 0 Å². The minimum Gasteiger partial charge on any atom is -0.487 e. The van der Waals surface area contributed by atoms with Gasteiger partial charge in [0.1, 0.15) is 12.4 Å². The Morgan fingerprint density at radius 2 is 2.15 bits per heavy atom. The van der Waals surface area contributed by atoms with Gasteiger partial charge in [-0.25, -0.2) is 4.79 Å². The van der Waals surface area contributed by atoms with Crippen LogP contribution in [0.4, 0.5) is 0 Å². The lowest BCUT2D eigenvalue weighted by atomic mass is 10.3. The van der Waals surface area contributed by atoms with Crippen molar-refractivity contribution >= 4 is 46.6 Å². The Hall–Kier alpha value is -1.49. The van der Waals surface area contributed by atoms with Gasteiger partial charge in [0.25, 0.3) is 0 Å². The van der Waals surface area contributed by atoms with E-state index in [2.05, 4.69) is 0 Å². The van der Waals surface area contributed by atoms with Crippen LogP contribution in [0, 0.1) is 0 Å². The van der Waals surface area contributed by atoms with Crippen molar-refractivity contribution in [2.75, 3.05) is 0 Å². The number of hydrogen-bond acceptors (Lipinski definition) is 3. The van der Waals surface area contributed by atoms with Gasteiger partial charge in [-0.05, 0) is 41.3 Å². The van der Waals surface area contributed by atoms with Crippen LogP contribution >= 0.6 is 34.5 Å². The second-order valence-corrected chi connectivity index (χ2v) is 5.72. The molecule has 0 aliphatic rings. The average Bonchev–Trinajstić information content (AvgIpc) is 2.83. The third-order valence-corrected chi connectivity index (χ3v) is 3.82. The van der Waals surface area contributed by atoms with Gasteiger partial charge in [0.2, 0.25) is 0 Å². The quantitative estimate of drug-likeness (QED) is 0.807. The highest BCUT2D eigenvalue weighted by atomic mass is 35.5.